The molecule has 0 fully saturated rings. The Morgan fingerprint density at radius 1 is 0.880 bits per heavy atom. The van der Waals surface area contributed by atoms with Gasteiger partial charge in [-0.25, -0.2) is 4.79 Å². The minimum absolute atomic E-state index is 0.211. The van der Waals surface area contributed by atoms with Crippen molar-refractivity contribution in [3.63, 3.8) is 0 Å². The molecule has 0 amide bonds. The maximum absolute atomic E-state index is 10.2. The maximum Gasteiger partial charge on any atom is 0.329 e. The standard InChI is InChI=1S/C22H36O3/c1-2-3-4-5-6-7-8-9-10-11-12-13-14-15-16-17-18-19-20-25-21-22(23)24/h9-10,12-13,15,17H,2-8,11,14,18-21H2,1H3,(H,23,24). The molecule has 0 aromatic carbocycles. The highest BCUT2D eigenvalue weighted by Crippen LogP contribution is 2.07. The van der Waals surface area contributed by atoms with Gasteiger partial charge in [-0.3, -0.25) is 0 Å². The lowest BCUT2D eigenvalue weighted by Gasteiger charge is -1.97. The first kappa shape index (κ1) is 23.4. The summed E-state index contributed by atoms with van der Waals surface area (Å²) in [6.45, 7) is 2.53. The van der Waals surface area contributed by atoms with Gasteiger partial charge in [-0.2, -0.15) is 0 Å². The molecular weight excluding hydrogens is 312 g/mol. The Morgan fingerprint density at radius 2 is 1.60 bits per heavy atom. The summed E-state index contributed by atoms with van der Waals surface area (Å²) >= 11 is 0. The summed E-state index contributed by atoms with van der Waals surface area (Å²) in [6.07, 6.45) is 25.8. The number of hydrogen-bond acceptors (Lipinski definition) is 2. The van der Waals surface area contributed by atoms with Crippen LogP contribution in [0.2, 0.25) is 0 Å². The normalized spacial score (nSPS) is 11.1. The topological polar surface area (TPSA) is 46.5 Å². The summed E-state index contributed by atoms with van der Waals surface area (Å²) in [4.78, 5) is 10.2. The summed E-state index contributed by atoms with van der Waals surface area (Å²) in [7, 11) is 0. The van der Waals surface area contributed by atoms with E-state index in [0.29, 0.717) is 6.61 Å². The van der Waals surface area contributed by atoms with E-state index in [2.05, 4.69) is 37.0 Å². The van der Waals surface area contributed by atoms with Gasteiger partial charge in [-0.15, -0.1) is 5.73 Å². The Hall–Kier alpha value is -1.57. The monoisotopic (exact) mass is 348 g/mol. The van der Waals surface area contributed by atoms with Crippen LogP contribution >= 0.6 is 0 Å². The Balaban J connectivity index is 3.39. The molecule has 3 nitrogen and oxygen atoms in total. The fourth-order valence-corrected chi connectivity index (χ4v) is 2.28. The molecule has 142 valence electrons. The molecule has 0 aliphatic rings. The number of carbonyl (C=O) groups is 1. The van der Waals surface area contributed by atoms with Gasteiger partial charge >= 0.3 is 5.97 Å². The zero-order valence-corrected chi connectivity index (χ0v) is 15.9. The van der Waals surface area contributed by atoms with E-state index in [4.69, 9.17) is 9.84 Å². The smallest absolute Gasteiger partial charge is 0.329 e. The summed E-state index contributed by atoms with van der Waals surface area (Å²) < 4.78 is 4.95. The van der Waals surface area contributed by atoms with Crippen LogP contribution in [0.1, 0.15) is 77.6 Å². The van der Waals surface area contributed by atoms with Gasteiger partial charge in [0.25, 0.3) is 0 Å². The maximum atomic E-state index is 10.2. The molecule has 3 heteroatoms. The van der Waals surface area contributed by atoms with Crippen molar-refractivity contribution in [2.24, 2.45) is 0 Å². The minimum atomic E-state index is -0.917. The summed E-state index contributed by atoms with van der Waals surface area (Å²) in [6, 6.07) is 0. The van der Waals surface area contributed by atoms with Gasteiger partial charge in [-0.05, 0) is 50.7 Å². The van der Waals surface area contributed by atoms with Crippen molar-refractivity contribution in [2.75, 3.05) is 13.2 Å². The second kappa shape index (κ2) is 20.5. The van der Waals surface area contributed by atoms with Crippen molar-refractivity contribution in [3.8, 4) is 0 Å². The van der Waals surface area contributed by atoms with Gasteiger partial charge in [-0.1, -0.05) is 63.3 Å². The molecule has 0 aliphatic carbocycles. The van der Waals surface area contributed by atoms with Gasteiger partial charge in [0.05, 0.1) is 0 Å². The lowest BCUT2D eigenvalue weighted by atomic mass is 10.1. The average Bonchev–Trinajstić information content (AvgIpc) is 2.60. The predicted molar refractivity (Wildman–Crippen MR) is 106 cm³/mol. The van der Waals surface area contributed by atoms with Crippen molar-refractivity contribution in [1.82, 2.24) is 0 Å². The SMILES string of the molecule is CCCCCCCCC=CCC=CCC=C=CCCCOCC(=O)O. The van der Waals surface area contributed by atoms with Crippen molar-refractivity contribution >= 4 is 5.97 Å². The molecule has 0 atom stereocenters. The van der Waals surface area contributed by atoms with Gasteiger partial charge < -0.3 is 9.84 Å². The number of unbranched alkanes of at least 4 members (excludes halogenated alkanes) is 7. The fourth-order valence-electron chi connectivity index (χ4n) is 2.28. The zero-order chi connectivity index (χ0) is 18.4. The van der Waals surface area contributed by atoms with E-state index in [-0.39, 0.29) is 6.61 Å². The van der Waals surface area contributed by atoms with Gasteiger partial charge in [0.1, 0.15) is 6.61 Å². The quantitative estimate of drug-likeness (QED) is 0.193. The fraction of sp³-hybridized carbons (Fsp3) is 0.636. The molecular formula is C22H36O3. The molecule has 0 radical (unpaired) electrons. The van der Waals surface area contributed by atoms with Gasteiger partial charge in [0.15, 0.2) is 0 Å². The molecule has 0 saturated heterocycles. The van der Waals surface area contributed by atoms with E-state index < -0.39 is 5.97 Å². The third kappa shape index (κ3) is 22.4. The molecule has 0 heterocycles. The van der Waals surface area contributed by atoms with Crippen molar-refractivity contribution in [2.45, 2.75) is 77.6 Å². The van der Waals surface area contributed by atoms with Crippen molar-refractivity contribution in [1.29, 1.82) is 0 Å². The van der Waals surface area contributed by atoms with Crippen LogP contribution in [0.4, 0.5) is 0 Å². The Morgan fingerprint density at radius 3 is 2.40 bits per heavy atom. The lowest BCUT2D eigenvalue weighted by Crippen LogP contribution is -2.07. The summed E-state index contributed by atoms with van der Waals surface area (Å²) in [5.41, 5.74) is 3.13. The predicted octanol–water partition coefficient (Wildman–Crippen LogP) is 6.22. The summed E-state index contributed by atoms with van der Waals surface area (Å²) in [5, 5.41) is 8.40. The van der Waals surface area contributed by atoms with Crippen LogP contribution in [0.25, 0.3) is 0 Å². The van der Waals surface area contributed by atoms with Crippen LogP contribution in [-0.4, -0.2) is 24.3 Å². The Bertz CT molecular complexity index is 415. The van der Waals surface area contributed by atoms with Gasteiger partial charge in [0, 0.05) is 6.61 Å². The molecule has 0 rings (SSSR count). The van der Waals surface area contributed by atoms with Crippen LogP contribution in [0.5, 0.6) is 0 Å². The molecule has 0 aromatic heterocycles. The van der Waals surface area contributed by atoms with Crippen molar-refractivity contribution in [3.05, 3.63) is 42.2 Å². The first-order valence-electron chi connectivity index (χ1n) is 9.76. The van der Waals surface area contributed by atoms with Crippen LogP contribution in [0, 0.1) is 0 Å². The van der Waals surface area contributed by atoms with E-state index >= 15 is 0 Å². The molecule has 0 unspecified atom stereocenters. The number of carboxylic acids is 1. The average molecular weight is 349 g/mol. The Kier molecular flexibility index (Phi) is 19.2. The molecule has 1 N–H and O–H groups in total. The van der Waals surface area contributed by atoms with Crippen LogP contribution in [0.15, 0.2) is 42.2 Å². The van der Waals surface area contributed by atoms with E-state index in [1.807, 2.05) is 12.2 Å². The molecule has 0 aliphatic heterocycles. The molecule has 0 spiro atoms. The number of hydrogen-bond donors (Lipinski definition) is 1. The van der Waals surface area contributed by atoms with E-state index in [1.54, 1.807) is 0 Å². The molecule has 25 heavy (non-hydrogen) atoms. The number of carboxylic acid groups (broad SMARTS) is 1. The minimum Gasteiger partial charge on any atom is -0.480 e. The zero-order valence-electron chi connectivity index (χ0n) is 15.9. The second-order valence-electron chi connectivity index (χ2n) is 6.13. The lowest BCUT2D eigenvalue weighted by molar-refractivity contribution is -0.142. The van der Waals surface area contributed by atoms with Crippen LogP contribution in [0.3, 0.4) is 0 Å². The highest BCUT2D eigenvalue weighted by molar-refractivity contribution is 5.67. The third-order valence-corrected chi connectivity index (χ3v) is 3.68. The molecule has 0 saturated carbocycles. The largest absolute Gasteiger partial charge is 0.480 e. The highest BCUT2D eigenvalue weighted by Gasteiger charge is 1.94. The first-order chi connectivity index (χ1) is 12.3. The summed E-state index contributed by atoms with van der Waals surface area (Å²) in [5.74, 6) is -0.917. The highest BCUT2D eigenvalue weighted by atomic mass is 16.5. The number of aliphatic carboxylic acids is 1. The second-order valence-corrected chi connectivity index (χ2v) is 6.13. The Labute approximate surface area is 154 Å². The van der Waals surface area contributed by atoms with E-state index in [1.165, 1.54) is 44.9 Å². The number of allylic oxidation sites excluding steroid dienone is 5. The van der Waals surface area contributed by atoms with Crippen LogP contribution < -0.4 is 0 Å². The third-order valence-electron chi connectivity index (χ3n) is 3.68. The van der Waals surface area contributed by atoms with Crippen molar-refractivity contribution < 1.29 is 14.6 Å². The number of rotatable bonds is 17. The van der Waals surface area contributed by atoms with Gasteiger partial charge in [0.2, 0.25) is 0 Å². The molecule has 0 bridgehead atoms. The number of ether oxygens (including phenoxy) is 1. The molecule has 0 aromatic rings. The van der Waals surface area contributed by atoms with E-state index in [0.717, 1.165) is 25.7 Å². The van der Waals surface area contributed by atoms with E-state index in [9.17, 15) is 4.79 Å². The van der Waals surface area contributed by atoms with Crippen LogP contribution in [-0.2, 0) is 9.53 Å². The first-order valence-corrected chi connectivity index (χ1v) is 9.76.